The second-order valence-electron chi connectivity index (χ2n) is 7.64. The van der Waals surface area contributed by atoms with E-state index in [1.54, 1.807) is 4.90 Å². The molecule has 0 radical (unpaired) electrons. The van der Waals surface area contributed by atoms with E-state index in [0.717, 1.165) is 32.1 Å². The molecule has 0 saturated carbocycles. The smallest absolute Gasteiger partial charge is 0.338 e. The maximum atomic E-state index is 12.5. The van der Waals surface area contributed by atoms with Crippen LogP contribution < -0.4 is 0 Å². The number of carbonyl (C=O) groups is 2. The van der Waals surface area contributed by atoms with Crippen molar-refractivity contribution in [3.8, 4) is 0 Å². The fourth-order valence-electron chi connectivity index (χ4n) is 4.04. The predicted octanol–water partition coefficient (Wildman–Crippen LogP) is 2.42. The van der Waals surface area contributed by atoms with Gasteiger partial charge in [-0.3, -0.25) is 4.79 Å². The minimum atomic E-state index is -3.51. The Bertz CT molecular complexity index is 806. The first-order valence-electron chi connectivity index (χ1n) is 9.89. The second-order valence-corrected chi connectivity index (χ2v) is 9.58. The Labute approximate surface area is 166 Å². The lowest BCUT2D eigenvalue weighted by atomic mass is 9.97. The van der Waals surface area contributed by atoms with Crippen LogP contribution in [0.5, 0.6) is 0 Å². The van der Waals surface area contributed by atoms with Gasteiger partial charge in [-0.05, 0) is 70.2 Å². The zero-order chi connectivity index (χ0) is 20.3. The number of rotatable bonds is 5. The minimum absolute atomic E-state index is 0.144. The number of hydrogen-bond donors (Lipinski definition) is 0. The fraction of sp³-hybridized carbons (Fsp3) is 0.600. The number of likely N-dealkylation sites (tertiary alicyclic amines) is 1. The Morgan fingerprint density at radius 1 is 1.00 bits per heavy atom. The van der Waals surface area contributed by atoms with Gasteiger partial charge in [0.15, 0.2) is 6.61 Å². The van der Waals surface area contributed by atoms with Crippen LogP contribution in [0.25, 0.3) is 0 Å². The quantitative estimate of drug-likeness (QED) is 0.699. The van der Waals surface area contributed by atoms with Crippen LogP contribution in [0.4, 0.5) is 0 Å². The zero-order valence-corrected chi connectivity index (χ0v) is 17.3. The van der Waals surface area contributed by atoms with E-state index in [2.05, 4.69) is 0 Å². The molecule has 1 aromatic carbocycles. The van der Waals surface area contributed by atoms with Crippen molar-refractivity contribution in [1.82, 2.24) is 9.21 Å². The van der Waals surface area contributed by atoms with Crippen LogP contribution in [0.3, 0.4) is 0 Å². The van der Waals surface area contributed by atoms with Crippen molar-refractivity contribution < 1.29 is 22.7 Å². The predicted molar refractivity (Wildman–Crippen MR) is 104 cm³/mol. The topological polar surface area (TPSA) is 84.0 Å². The average Bonchev–Trinajstić information content (AvgIpc) is 3.22. The van der Waals surface area contributed by atoms with Gasteiger partial charge in [0.25, 0.3) is 5.91 Å². The Hall–Kier alpha value is -1.93. The van der Waals surface area contributed by atoms with E-state index in [-0.39, 0.29) is 35.1 Å². The molecule has 7 nitrogen and oxygen atoms in total. The molecule has 0 spiro atoms. The van der Waals surface area contributed by atoms with Gasteiger partial charge in [-0.25, -0.2) is 13.2 Å². The van der Waals surface area contributed by atoms with Crippen LogP contribution in [0.2, 0.25) is 0 Å². The van der Waals surface area contributed by atoms with Crippen molar-refractivity contribution in [2.45, 2.75) is 62.9 Å². The maximum absolute atomic E-state index is 12.5. The number of nitrogens with zero attached hydrogens (tertiary/aromatic N) is 2. The van der Waals surface area contributed by atoms with E-state index in [4.69, 9.17) is 4.74 Å². The third-order valence-electron chi connectivity index (χ3n) is 5.60. The van der Waals surface area contributed by atoms with Gasteiger partial charge in [0.2, 0.25) is 10.0 Å². The molecule has 154 valence electrons. The first kappa shape index (κ1) is 20.8. The molecule has 3 rings (SSSR count). The van der Waals surface area contributed by atoms with Crippen molar-refractivity contribution in [1.29, 1.82) is 0 Å². The molecule has 2 atom stereocenters. The number of amides is 1. The van der Waals surface area contributed by atoms with Gasteiger partial charge >= 0.3 is 5.97 Å². The van der Waals surface area contributed by atoms with Crippen molar-refractivity contribution in [3.63, 3.8) is 0 Å². The summed E-state index contributed by atoms with van der Waals surface area (Å²) in [6.45, 7) is 4.77. The number of benzene rings is 1. The van der Waals surface area contributed by atoms with Gasteiger partial charge < -0.3 is 9.64 Å². The Morgan fingerprint density at radius 3 is 2.14 bits per heavy atom. The number of hydrogen-bond acceptors (Lipinski definition) is 5. The molecule has 8 heteroatoms. The molecule has 2 saturated heterocycles. The fourth-order valence-corrected chi connectivity index (χ4v) is 5.56. The molecule has 0 aliphatic carbocycles. The van der Waals surface area contributed by atoms with E-state index in [1.165, 1.54) is 28.6 Å². The SMILES string of the molecule is C[C@@H]1CCC[C@@H](C)N1C(=O)COC(=O)c1ccc(S(=O)(=O)N2CCCC2)cc1. The monoisotopic (exact) mass is 408 g/mol. The highest BCUT2D eigenvalue weighted by Crippen LogP contribution is 2.23. The van der Waals surface area contributed by atoms with Gasteiger partial charge in [0, 0.05) is 25.2 Å². The summed E-state index contributed by atoms with van der Waals surface area (Å²) in [6, 6.07) is 5.99. The van der Waals surface area contributed by atoms with Crippen molar-refractivity contribution >= 4 is 21.9 Å². The molecule has 2 aliphatic rings. The molecule has 1 aromatic rings. The molecule has 0 aromatic heterocycles. The zero-order valence-electron chi connectivity index (χ0n) is 16.5. The second kappa shape index (κ2) is 8.61. The van der Waals surface area contributed by atoms with Gasteiger partial charge in [-0.1, -0.05) is 0 Å². The maximum Gasteiger partial charge on any atom is 0.338 e. The molecule has 2 fully saturated rings. The summed E-state index contributed by atoms with van der Waals surface area (Å²) in [4.78, 5) is 26.7. The Kier molecular flexibility index (Phi) is 6.40. The minimum Gasteiger partial charge on any atom is -0.452 e. The van der Waals surface area contributed by atoms with E-state index in [0.29, 0.717) is 13.1 Å². The molecular weight excluding hydrogens is 380 g/mol. The van der Waals surface area contributed by atoms with Gasteiger partial charge in [0.05, 0.1) is 10.5 Å². The molecule has 0 bridgehead atoms. The first-order valence-corrected chi connectivity index (χ1v) is 11.3. The lowest BCUT2D eigenvalue weighted by Crippen LogP contribution is -2.49. The molecule has 0 N–H and O–H groups in total. The number of ether oxygens (including phenoxy) is 1. The van der Waals surface area contributed by atoms with Crippen LogP contribution in [-0.4, -0.2) is 61.3 Å². The highest BCUT2D eigenvalue weighted by molar-refractivity contribution is 7.89. The summed E-state index contributed by atoms with van der Waals surface area (Å²) in [5, 5.41) is 0. The summed E-state index contributed by atoms with van der Waals surface area (Å²) >= 11 is 0. The van der Waals surface area contributed by atoms with Crippen LogP contribution in [0, 0.1) is 0 Å². The van der Waals surface area contributed by atoms with E-state index < -0.39 is 16.0 Å². The summed E-state index contributed by atoms with van der Waals surface area (Å²) in [5.41, 5.74) is 0.230. The largest absolute Gasteiger partial charge is 0.452 e. The first-order chi connectivity index (χ1) is 13.3. The average molecular weight is 409 g/mol. The Morgan fingerprint density at radius 2 is 1.57 bits per heavy atom. The number of esters is 1. The van der Waals surface area contributed by atoms with Crippen LogP contribution in [-0.2, 0) is 19.6 Å². The lowest BCUT2D eigenvalue weighted by Gasteiger charge is -2.38. The third kappa shape index (κ3) is 4.38. The highest BCUT2D eigenvalue weighted by atomic mass is 32.2. The highest BCUT2D eigenvalue weighted by Gasteiger charge is 2.30. The van der Waals surface area contributed by atoms with E-state index in [1.807, 2.05) is 13.8 Å². The van der Waals surface area contributed by atoms with E-state index >= 15 is 0 Å². The van der Waals surface area contributed by atoms with E-state index in [9.17, 15) is 18.0 Å². The lowest BCUT2D eigenvalue weighted by molar-refractivity contribution is -0.140. The summed E-state index contributed by atoms with van der Waals surface area (Å²) < 4.78 is 31.7. The molecular formula is C20H28N2O5S. The molecule has 2 aliphatic heterocycles. The molecule has 2 heterocycles. The van der Waals surface area contributed by atoms with Gasteiger partial charge in [0.1, 0.15) is 0 Å². The van der Waals surface area contributed by atoms with Crippen LogP contribution >= 0.6 is 0 Å². The normalized spacial score (nSPS) is 23.6. The van der Waals surface area contributed by atoms with Gasteiger partial charge in [-0.15, -0.1) is 0 Å². The molecule has 28 heavy (non-hydrogen) atoms. The summed E-state index contributed by atoms with van der Waals surface area (Å²) in [5.74, 6) is -0.822. The van der Waals surface area contributed by atoms with Crippen LogP contribution in [0.1, 0.15) is 56.3 Å². The molecule has 1 amide bonds. The Balaban J connectivity index is 1.59. The summed E-state index contributed by atoms with van der Waals surface area (Å²) in [6.07, 6.45) is 4.74. The third-order valence-corrected chi connectivity index (χ3v) is 7.51. The van der Waals surface area contributed by atoms with Crippen molar-refractivity contribution in [2.75, 3.05) is 19.7 Å². The number of carbonyl (C=O) groups excluding carboxylic acids is 2. The summed E-state index contributed by atoms with van der Waals surface area (Å²) in [7, 11) is -3.51. The molecule has 0 unspecified atom stereocenters. The van der Waals surface area contributed by atoms with Gasteiger partial charge in [-0.2, -0.15) is 4.31 Å². The van der Waals surface area contributed by atoms with Crippen LogP contribution in [0.15, 0.2) is 29.2 Å². The van der Waals surface area contributed by atoms with Crippen molar-refractivity contribution in [2.24, 2.45) is 0 Å². The number of sulfonamides is 1. The standard InChI is InChI=1S/C20H28N2O5S/c1-15-6-5-7-16(2)22(15)19(23)14-27-20(24)17-8-10-18(11-9-17)28(25,26)21-12-3-4-13-21/h8-11,15-16H,3-7,12-14H2,1-2H3/t15-,16-/m1/s1. The van der Waals surface area contributed by atoms with Crippen molar-refractivity contribution in [3.05, 3.63) is 29.8 Å². The number of piperidine rings is 1.